The van der Waals surface area contributed by atoms with Gasteiger partial charge in [-0.1, -0.05) is 25.1 Å². The molecule has 3 heterocycles. The standard InChI is InChI=1S/C20H22N4O4S2/c1-3-14-8-4-5-9-15(14)23-30(26,27)17-12-16(29-13(17)2)18-21-22-19(28-18)20(25)24-10-6-7-11-24/h4-5,8-9,12,23H,3,6-7,10-11H2,1-2H3. The maximum absolute atomic E-state index is 13.0. The Balaban J connectivity index is 1.59. The molecule has 1 N–H and O–H groups in total. The fraction of sp³-hybridized carbons (Fsp3) is 0.350. The molecule has 1 aromatic carbocycles. The van der Waals surface area contributed by atoms with Gasteiger partial charge in [0.25, 0.3) is 15.9 Å². The van der Waals surface area contributed by atoms with Crippen LogP contribution in [0.15, 0.2) is 39.6 Å². The summed E-state index contributed by atoms with van der Waals surface area (Å²) in [6.07, 6.45) is 2.64. The van der Waals surface area contributed by atoms with Crippen LogP contribution >= 0.6 is 11.3 Å². The number of aryl methyl sites for hydroxylation is 2. The van der Waals surface area contributed by atoms with Crippen molar-refractivity contribution in [2.75, 3.05) is 17.8 Å². The van der Waals surface area contributed by atoms with Crippen LogP contribution in [0.4, 0.5) is 5.69 Å². The van der Waals surface area contributed by atoms with Crippen LogP contribution in [0, 0.1) is 6.92 Å². The Morgan fingerprint density at radius 3 is 2.70 bits per heavy atom. The van der Waals surface area contributed by atoms with Gasteiger partial charge in [0, 0.05) is 18.0 Å². The molecular formula is C20H22N4O4S2. The van der Waals surface area contributed by atoms with E-state index >= 15 is 0 Å². The number of nitrogens with one attached hydrogen (secondary N) is 1. The van der Waals surface area contributed by atoms with E-state index in [9.17, 15) is 13.2 Å². The SMILES string of the molecule is CCc1ccccc1NS(=O)(=O)c1cc(-c2nnc(C(=O)N3CCCC3)o2)sc1C. The van der Waals surface area contributed by atoms with Crippen LogP contribution < -0.4 is 4.72 Å². The van der Waals surface area contributed by atoms with Gasteiger partial charge in [-0.15, -0.1) is 21.5 Å². The van der Waals surface area contributed by atoms with Crippen molar-refractivity contribution in [3.05, 3.63) is 46.7 Å². The van der Waals surface area contributed by atoms with Gasteiger partial charge in [0.1, 0.15) is 4.90 Å². The number of carbonyl (C=O) groups is 1. The van der Waals surface area contributed by atoms with Gasteiger partial charge >= 0.3 is 11.8 Å². The Morgan fingerprint density at radius 1 is 1.23 bits per heavy atom. The number of nitrogens with zero attached hydrogens (tertiary/aromatic N) is 3. The molecule has 158 valence electrons. The van der Waals surface area contributed by atoms with Gasteiger partial charge in [0.2, 0.25) is 0 Å². The summed E-state index contributed by atoms with van der Waals surface area (Å²) in [5, 5.41) is 7.82. The number of para-hydroxylation sites is 1. The number of carbonyl (C=O) groups excluding carboxylic acids is 1. The van der Waals surface area contributed by atoms with E-state index in [4.69, 9.17) is 4.42 Å². The molecule has 10 heteroatoms. The minimum Gasteiger partial charge on any atom is -0.411 e. The third-order valence-electron chi connectivity index (χ3n) is 5.02. The molecule has 1 fully saturated rings. The molecule has 0 radical (unpaired) electrons. The Bertz CT molecular complexity index is 1180. The van der Waals surface area contributed by atoms with Crippen molar-refractivity contribution in [3.63, 3.8) is 0 Å². The minimum atomic E-state index is -3.79. The monoisotopic (exact) mass is 446 g/mol. The van der Waals surface area contributed by atoms with Crippen molar-refractivity contribution in [1.29, 1.82) is 0 Å². The summed E-state index contributed by atoms with van der Waals surface area (Å²) < 4.78 is 34.2. The summed E-state index contributed by atoms with van der Waals surface area (Å²) in [5.74, 6) is -0.219. The van der Waals surface area contributed by atoms with E-state index in [2.05, 4.69) is 14.9 Å². The summed E-state index contributed by atoms with van der Waals surface area (Å²) in [5.41, 5.74) is 1.47. The number of benzene rings is 1. The van der Waals surface area contributed by atoms with E-state index in [1.165, 1.54) is 17.4 Å². The molecule has 0 aliphatic carbocycles. The topological polar surface area (TPSA) is 105 Å². The van der Waals surface area contributed by atoms with E-state index in [-0.39, 0.29) is 22.6 Å². The zero-order chi connectivity index (χ0) is 21.3. The molecule has 0 bridgehead atoms. The number of amides is 1. The lowest BCUT2D eigenvalue weighted by Gasteiger charge is -2.11. The maximum atomic E-state index is 13.0. The third kappa shape index (κ3) is 3.97. The summed E-state index contributed by atoms with van der Waals surface area (Å²) in [4.78, 5) is 15.3. The number of thiophene rings is 1. The first-order valence-electron chi connectivity index (χ1n) is 9.73. The van der Waals surface area contributed by atoms with Gasteiger partial charge in [0.05, 0.1) is 10.6 Å². The van der Waals surface area contributed by atoms with E-state index in [0.717, 1.165) is 18.4 Å². The molecule has 2 aromatic heterocycles. The number of hydrogen-bond donors (Lipinski definition) is 1. The number of rotatable bonds is 6. The quantitative estimate of drug-likeness (QED) is 0.619. The second-order valence-electron chi connectivity index (χ2n) is 7.06. The normalized spacial score (nSPS) is 14.3. The zero-order valence-corrected chi connectivity index (χ0v) is 18.3. The van der Waals surface area contributed by atoms with Crippen LogP contribution in [-0.4, -0.2) is 42.5 Å². The second kappa shape index (κ2) is 8.19. The van der Waals surface area contributed by atoms with Crippen LogP contribution in [0.5, 0.6) is 0 Å². The van der Waals surface area contributed by atoms with Crippen molar-refractivity contribution in [1.82, 2.24) is 15.1 Å². The van der Waals surface area contributed by atoms with E-state index in [1.807, 2.05) is 19.1 Å². The molecule has 0 unspecified atom stereocenters. The molecule has 8 nitrogen and oxygen atoms in total. The zero-order valence-electron chi connectivity index (χ0n) is 16.7. The van der Waals surface area contributed by atoms with Crippen molar-refractivity contribution < 1.29 is 17.6 Å². The highest BCUT2D eigenvalue weighted by molar-refractivity contribution is 7.93. The van der Waals surface area contributed by atoms with Crippen molar-refractivity contribution in [2.45, 2.75) is 38.0 Å². The Morgan fingerprint density at radius 2 is 1.97 bits per heavy atom. The molecule has 0 spiro atoms. The van der Waals surface area contributed by atoms with Gasteiger partial charge < -0.3 is 9.32 Å². The molecule has 1 amide bonds. The number of aromatic nitrogens is 2. The van der Waals surface area contributed by atoms with Crippen LogP contribution in [-0.2, 0) is 16.4 Å². The molecule has 3 aromatic rings. The second-order valence-corrected chi connectivity index (χ2v) is 9.97. The maximum Gasteiger partial charge on any atom is 0.311 e. The summed E-state index contributed by atoms with van der Waals surface area (Å²) >= 11 is 1.23. The van der Waals surface area contributed by atoms with E-state index < -0.39 is 10.0 Å². The minimum absolute atomic E-state index is 0.0719. The third-order valence-corrected chi connectivity index (χ3v) is 7.68. The van der Waals surface area contributed by atoms with Gasteiger partial charge in [-0.05, 0) is 43.9 Å². The number of sulfonamides is 1. The predicted molar refractivity (Wildman–Crippen MR) is 114 cm³/mol. The fourth-order valence-electron chi connectivity index (χ4n) is 3.43. The van der Waals surface area contributed by atoms with Gasteiger partial charge in [-0.2, -0.15) is 0 Å². The van der Waals surface area contributed by atoms with E-state index in [1.54, 1.807) is 24.0 Å². The summed E-state index contributed by atoms with van der Waals surface area (Å²) in [6, 6.07) is 8.81. The highest BCUT2D eigenvalue weighted by Gasteiger charge is 2.27. The Labute approximate surface area is 179 Å². The number of anilines is 1. The molecule has 0 atom stereocenters. The average molecular weight is 447 g/mol. The Hall–Kier alpha value is -2.72. The summed E-state index contributed by atoms with van der Waals surface area (Å²) in [7, 11) is -3.79. The van der Waals surface area contributed by atoms with Crippen LogP contribution in [0.2, 0.25) is 0 Å². The smallest absolute Gasteiger partial charge is 0.311 e. The Kier molecular flexibility index (Phi) is 5.61. The summed E-state index contributed by atoms with van der Waals surface area (Å²) in [6.45, 7) is 5.06. The first-order chi connectivity index (χ1) is 14.4. The fourth-order valence-corrected chi connectivity index (χ4v) is 6.04. The number of hydrogen-bond acceptors (Lipinski definition) is 7. The van der Waals surface area contributed by atoms with Crippen LogP contribution in [0.25, 0.3) is 10.8 Å². The lowest BCUT2D eigenvalue weighted by molar-refractivity contribution is 0.0754. The molecule has 30 heavy (non-hydrogen) atoms. The van der Waals surface area contributed by atoms with Gasteiger partial charge in [0.15, 0.2) is 0 Å². The van der Waals surface area contributed by atoms with Crippen LogP contribution in [0.1, 0.15) is 40.9 Å². The van der Waals surface area contributed by atoms with Gasteiger partial charge in [-0.3, -0.25) is 9.52 Å². The molecular weight excluding hydrogens is 424 g/mol. The van der Waals surface area contributed by atoms with Crippen LogP contribution in [0.3, 0.4) is 0 Å². The lowest BCUT2D eigenvalue weighted by Crippen LogP contribution is -2.27. The first kappa shape index (κ1) is 20.5. The predicted octanol–water partition coefficient (Wildman–Crippen LogP) is 3.71. The molecule has 1 aliphatic heterocycles. The van der Waals surface area contributed by atoms with Gasteiger partial charge in [-0.25, -0.2) is 8.42 Å². The largest absolute Gasteiger partial charge is 0.411 e. The molecule has 0 saturated carbocycles. The molecule has 1 aliphatic rings. The van der Waals surface area contributed by atoms with E-state index in [0.29, 0.717) is 35.0 Å². The van der Waals surface area contributed by atoms with Crippen molar-refractivity contribution in [2.24, 2.45) is 0 Å². The van der Waals surface area contributed by atoms with Crippen molar-refractivity contribution in [3.8, 4) is 10.8 Å². The highest BCUT2D eigenvalue weighted by atomic mass is 32.2. The molecule has 1 saturated heterocycles. The first-order valence-corrected chi connectivity index (χ1v) is 12.0. The highest BCUT2D eigenvalue weighted by Crippen LogP contribution is 2.34. The lowest BCUT2D eigenvalue weighted by atomic mass is 10.1. The number of likely N-dealkylation sites (tertiary alicyclic amines) is 1. The molecule has 4 rings (SSSR count). The van der Waals surface area contributed by atoms with Crippen molar-refractivity contribution >= 4 is 33.0 Å². The average Bonchev–Trinajstić information content (AvgIpc) is 3.48.